The molecule has 17 heavy (non-hydrogen) atoms. The first-order chi connectivity index (χ1) is 8.04. The fourth-order valence-corrected chi connectivity index (χ4v) is 1.49. The quantitative estimate of drug-likeness (QED) is 0.540. The summed E-state index contributed by atoms with van der Waals surface area (Å²) in [4.78, 5) is 0. The zero-order valence-electron chi connectivity index (χ0n) is 10.5. The molecular weight excluding hydrogens is 329 g/mol. The predicted molar refractivity (Wildman–Crippen MR) is 72.1 cm³/mol. The molecule has 2 aromatic rings. The molecule has 0 saturated carbocycles. The maximum absolute atomic E-state index is 5.75. The van der Waals surface area contributed by atoms with E-state index in [2.05, 4.69) is 31.8 Å². The number of hydrogen-bond acceptors (Lipinski definition) is 1. The number of halogens is 1. The molecule has 0 spiro atoms. The van der Waals surface area contributed by atoms with Crippen molar-refractivity contribution < 1.29 is 21.1 Å². The number of benzene rings is 2. The van der Waals surface area contributed by atoms with Crippen LogP contribution in [0.15, 0.2) is 36.4 Å². The van der Waals surface area contributed by atoms with Crippen LogP contribution < -0.4 is 4.74 Å². The van der Waals surface area contributed by atoms with Gasteiger partial charge >= 0.3 is 30.0 Å². The van der Waals surface area contributed by atoms with Gasteiger partial charge in [-0.2, -0.15) is 0 Å². The first-order valence-electron chi connectivity index (χ1n) is 5.41. The normalized spacial score (nSPS) is 10.7. The molecule has 1 nitrogen and oxygen atoms in total. The van der Waals surface area contributed by atoms with E-state index >= 15 is 0 Å². The molecule has 0 radical (unpaired) electrons. The van der Waals surface area contributed by atoms with E-state index in [1.807, 2.05) is 45.0 Å². The summed E-state index contributed by atoms with van der Waals surface area (Å²) in [6.45, 7) is 6.11. The van der Waals surface area contributed by atoms with Crippen molar-refractivity contribution in [2.24, 2.45) is 0 Å². The third kappa shape index (κ3) is 4.77. The molecule has 0 unspecified atom stereocenters. The Morgan fingerprint density at radius 1 is 1.06 bits per heavy atom. The van der Waals surface area contributed by atoms with Gasteiger partial charge in [-0.3, -0.25) is 0 Å². The molecule has 0 aliphatic carbocycles. The first kappa shape index (κ1) is 14.7. The second kappa shape index (κ2) is 6.51. The average Bonchev–Trinajstić information content (AvgIpc) is 2.29. The Hall–Kier alpha value is -0.397. The standard InChI is InChI=1S/C14H15O.BrH.Zn/c1-14(2,3)15-13-9-8-11-6-4-5-7-12(11)10-13;;/h4-9H,1-3H3;1H;/q-1;;+2/p-1. The van der Waals surface area contributed by atoms with Crippen LogP contribution in [0.2, 0.25) is 0 Å². The molecule has 0 bridgehead atoms. The zero-order chi connectivity index (χ0) is 12.9. The molecule has 0 fully saturated rings. The van der Waals surface area contributed by atoms with Gasteiger partial charge in [0.05, 0.1) is 5.60 Å². The van der Waals surface area contributed by atoms with Crippen LogP contribution in [0.1, 0.15) is 20.8 Å². The van der Waals surface area contributed by atoms with Crippen LogP contribution in [0.3, 0.4) is 0 Å². The zero-order valence-corrected chi connectivity index (χ0v) is 15.0. The van der Waals surface area contributed by atoms with Crippen molar-refractivity contribution in [2.45, 2.75) is 26.4 Å². The van der Waals surface area contributed by atoms with Gasteiger partial charge in [-0.15, -0.1) is 35.0 Å². The minimum absolute atomic E-state index is 0.168. The van der Waals surface area contributed by atoms with Crippen molar-refractivity contribution in [3.8, 4) is 5.75 Å². The summed E-state index contributed by atoms with van der Waals surface area (Å²) in [5.74, 6) is 0.807. The van der Waals surface area contributed by atoms with Crippen LogP contribution in [-0.2, 0) is 16.3 Å². The summed E-state index contributed by atoms with van der Waals surface area (Å²) in [5, 5.41) is 2.29. The van der Waals surface area contributed by atoms with Gasteiger partial charge in [-0.25, -0.2) is 0 Å². The van der Waals surface area contributed by atoms with Crippen molar-refractivity contribution in [3.05, 3.63) is 42.5 Å². The molecule has 0 heterocycles. The molecule has 3 heteroatoms. The molecule has 0 saturated heterocycles. The van der Waals surface area contributed by atoms with Gasteiger partial charge in [-0.05, 0) is 20.8 Å². The van der Waals surface area contributed by atoms with E-state index < -0.39 is 0 Å². The van der Waals surface area contributed by atoms with E-state index in [1.165, 1.54) is 21.7 Å². The van der Waals surface area contributed by atoms with Crippen LogP contribution in [0.5, 0.6) is 5.75 Å². The molecule has 2 rings (SSSR count). The number of fused-ring (bicyclic) bond motifs is 1. The van der Waals surface area contributed by atoms with Crippen LogP contribution in [0, 0.1) is 6.07 Å². The van der Waals surface area contributed by atoms with Crippen molar-refractivity contribution >= 4 is 24.4 Å². The van der Waals surface area contributed by atoms with E-state index in [0.717, 1.165) is 11.1 Å². The second-order valence-electron chi connectivity index (χ2n) is 4.62. The summed E-state index contributed by atoms with van der Waals surface area (Å²) < 4.78 is 5.75. The summed E-state index contributed by atoms with van der Waals surface area (Å²) >= 11 is 4.25. The molecule has 2 aromatic carbocycles. The number of ether oxygens (including phenoxy) is 1. The van der Waals surface area contributed by atoms with Crippen molar-refractivity contribution in [1.29, 1.82) is 0 Å². The SMILES string of the molecule is CC(C)(C)Oc1[c-]c2ccccc2cc1.[Zn+][Br]. The van der Waals surface area contributed by atoms with Gasteiger partial charge < -0.3 is 4.74 Å². The predicted octanol–water partition coefficient (Wildman–Crippen LogP) is 4.66. The Morgan fingerprint density at radius 2 is 1.71 bits per heavy atom. The Balaban J connectivity index is 0.000000686. The van der Waals surface area contributed by atoms with E-state index in [1.54, 1.807) is 0 Å². The minimum atomic E-state index is -0.168. The fraction of sp³-hybridized carbons (Fsp3) is 0.286. The Bertz CT molecular complexity index is 477. The summed E-state index contributed by atoms with van der Waals surface area (Å²) in [7, 11) is 0. The second-order valence-corrected chi connectivity index (χ2v) is 4.62. The van der Waals surface area contributed by atoms with Gasteiger partial charge in [0.15, 0.2) is 0 Å². The van der Waals surface area contributed by atoms with E-state index in [4.69, 9.17) is 4.74 Å². The Morgan fingerprint density at radius 3 is 2.35 bits per heavy atom. The van der Waals surface area contributed by atoms with E-state index in [-0.39, 0.29) is 5.60 Å². The van der Waals surface area contributed by atoms with Crippen molar-refractivity contribution in [2.75, 3.05) is 0 Å². The van der Waals surface area contributed by atoms with Crippen LogP contribution in [0.25, 0.3) is 10.8 Å². The molecule has 0 atom stereocenters. The molecular formula is C14H15BrOZn. The Kier molecular flexibility index (Phi) is 5.62. The molecule has 0 aromatic heterocycles. The van der Waals surface area contributed by atoms with Gasteiger partial charge in [0.1, 0.15) is 0 Å². The summed E-state index contributed by atoms with van der Waals surface area (Å²) in [6.07, 6.45) is 0. The monoisotopic (exact) mass is 342 g/mol. The van der Waals surface area contributed by atoms with Gasteiger partial charge in [0.2, 0.25) is 0 Å². The molecule has 0 N–H and O–H groups in total. The van der Waals surface area contributed by atoms with Crippen LogP contribution >= 0.6 is 13.6 Å². The van der Waals surface area contributed by atoms with Crippen LogP contribution in [-0.4, -0.2) is 5.60 Å². The first-order valence-corrected chi connectivity index (χ1v) is 12.4. The number of rotatable bonds is 1. The van der Waals surface area contributed by atoms with Crippen molar-refractivity contribution in [3.63, 3.8) is 0 Å². The fourth-order valence-electron chi connectivity index (χ4n) is 1.49. The molecule has 0 aliphatic heterocycles. The summed E-state index contributed by atoms with van der Waals surface area (Å²) in [5.41, 5.74) is -0.168. The molecule has 0 amide bonds. The summed E-state index contributed by atoms with van der Waals surface area (Å²) in [6, 6.07) is 15.5. The molecule has 0 aliphatic rings. The average molecular weight is 345 g/mol. The van der Waals surface area contributed by atoms with Gasteiger partial charge in [0.25, 0.3) is 0 Å². The maximum atomic E-state index is 5.75. The molecule has 86 valence electrons. The third-order valence-corrected chi connectivity index (χ3v) is 2.05. The third-order valence-electron chi connectivity index (χ3n) is 2.05. The van der Waals surface area contributed by atoms with E-state index in [9.17, 15) is 0 Å². The Labute approximate surface area is 120 Å². The van der Waals surface area contributed by atoms with Gasteiger partial charge in [0, 0.05) is 5.75 Å². The van der Waals surface area contributed by atoms with Crippen LogP contribution in [0.4, 0.5) is 0 Å². The van der Waals surface area contributed by atoms with E-state index in [0.29, 0.717) is 0 Å². The van der Waals surface area contributed by atoms with Crippen molar-refractivity contribution in [1.82, 2.24) is 0 Å². The topological polar surface area (TPSA) is 9.23 Å². The number of hydrogen-bond donors (Lipinski definition) is 0. The van der Waals surface area contributed by atoms with Gasteiger partial charge in [-0.1, -0.05) is 18.2 Å².